The summed E-state index contributed by atoms with van der Waals surface area (Å²) in [6.45, 7) is 5.63. The Morgan fingerprint density at radius 2 is 1.50 bits per heavy atom. The average Bonchev–Trinajstić information content (AvgIpc) is 2.53. The van der Waals surface area contributed by atoms with Crippen LogP contribution in [0.3, 0.4) is 0 Å². The number of carbonyl (C=O) groups excluding carboxylic acids is 2. The van der Waals surface area contributed by atoms with Crippen LogP contribution in [0.25, 0.3) is 0 Å². The van der Waals surface area contributed by atoms with Gasteiger partial charge in [0.05, 0.1) is 16.8 Å². The molecule has 0 aromatic heterocycles. The van der Waals surface area contributed by atoms with Gasteiger partial charge < -0.3 is 10.6 Å². The molecule has 0 heterocycles. The second kappa shape index (κ2) is 8.05. The number of halogens is 1. The third kappa shape index (κ3) is 5.35. The number of para-hydroxylation sites is 1. The minimum Gasteiger partial charge on any atom is -0.347 e. The van der Waals surface area contributed by atoms with Gasteiger partial charge in [-0.25, -0.2) is 4.39 Å². The first-order valence-electron chi connectivity index (χ1n) is 7.96. The third-order valence-corrected chi connectivity index (χ3v) is 3.46. The standard InChI is InChI=1S/C19H20FN3O2S/c1-19(2,3)23-17(25)13-9-5-7-11-15(13)21-18(26)22-16(24)12-8-4-6-10-14(12)20/h4-11H,1-3H3,(H,23,25)(H2,21,22,24,26). The molecular formula is C19H20FN3O2S. The van der Waals surface area contributed by atoms with E-state index in [-0.39, 0.29) is 16.6 Å². The van der Waals surface area contributed by atoms with Gasteiger partial charge in [-0.1, -0.05) is 24.3 Å². The van der Waals surface area contributed by atoms with Gasteiger partial charge in [-0.2, -0.15) is 0 Å². The zero-order valence-corrected chi connectivity index (χ0v) is 15.5. The summed E-state index contributed by atoms with van der Waals surface area (Å²) in [6.07, 6.45) is 0. The molecule has 3 N–H and O–H groups in total. The Labute approximate surface area is 157 Å². The van der Waals surface area contributed by atoms with Crippen molar-refractivity contribution in [2.24, 2.45) is 0 Å². The van der Waals surface area contributed by atoms with Crippen molar-refractivity contribution in [3.63, 3.8) is 0 Å². The Hall–Kier alpha value is -2.80. The zero-order valence-electron chi connectivity index (χ0n) is 14.7. The number of hydrogen-bond acceptors (Lipinski definition) is 3. The number of hydrogen-bond donors (Lipinski definition) is 3. The second-order valence-corrected chi connectivity index (χ2v) is 7.05. The first-order valence-corrected chi connectivity index (χ1v) is 8.36. The lowest BCUT2D eigenvalue weighted by molar-refractivity contribution is 0.0919. The lowest BCUT2D eigenvalue weighted by atomic mass is 10.1. The van der Waals surface area contributed by atoms with Gasteiger partial charge in [0.1, 0.15) is 5.82 Å². The fourth-order valence-corrected chi connectivity index (χ4v) is 2.37. The number of amides is 2. The molecule has 2 rings (SSSR count). The number of benzene rings is 2. The summed E-state index contributed by atoms with van der Waals surface area (Å²) in [6, 6.07) is 12.4. The smallest absolute Gasteiger partial charge is 0.260 e. The molecule has 2 amide bonds. The van der Waals surface area contributed by atoms with Crippen LogP contribution < -0.4 is 16.0 Å². The summed E-state index contributed by atoms with van der Waals surface area (Å²) < 4.78 is 13.7. The van der Waals surface area contributed by atoms with Gasteiger partial charge in [0.15, 0.2) is 5.11 Å². The Kier molecular flexibility index (Phi) is 6.05. The summed E-state index contributed by atoms with van der Waals surface area (Å²) in [5.74, 6) is -1.58. The topological polar surface area (TPSA) is 70.2 Å². The van der Waals surface area contributed by atoms with Gasteiger partial charge in [0.2, 0.25) is 0 Å². The maximum atomic E-state index is 13.7. The van der Waals surface area contributed by atoms with Crippen LogP contribution in [0.2, 0.25) is 0 Å². The van der Waals surface area contributed by atoms with Gasteiger partial charge in [-0.05, 0) is 57.3 Å². The summed E-state index contributed by atoms with van der Waals surface area (Å²) in [7, 11) is 0. The second-order valence-electron chi connectivity index (χ2n) is 6.64. The molecule has 7 heteroatoms. The van der Waals surface area contributed by atoms with Crippen molar-refractivity contribution >= 4 is 34.8 Å². The van der Waals surface area contributed by atoms with Crippen LogP contribution in [-0.4, -0.2) is 22.5 Å². The number of thiocarbonyl (C=S) groups is 1. The molecule has 0 bridgehead atoms. The molecule has 2 aromatic rings. The maximum absolute atomic E-state index is 13.7. The molecule has 0 fully saturated rings. The zero-order chi connectivity index (χ0) is 19.3. The van der Waals surface area contributed by atoms with E-state index < -0.39 is 17.3 Å². The Morgan fingerprint density at radius 1 is 0.923 bits per heavy atom. The molecule has 0 aliphatic carbocycles. The van der Waals surface area contributed by atoms with Crippen molar-refractivity contribution in [3.8, 4) is 0 Å². The number of anilines is 1. The van der Waals surface area contributed by atoms with E-state index in [1.165, 1.54) is 18.2 Å². The predicted octanol–water partition coefficient (Wildman–Crippen LogP) is 3.48. The highest BCUT2D eigenvalue weighted by atomic mass is 32.1. The summed E-state index contributed by atoms with van der Waals surface area (Å²) in [5, 5.41) is 8.05. The van der Waals surface area contributed by atoms with Crippen molar-refractivity contribution in [3.05, 3.63) is 65.5 Å². The van der Waals surface area contributed by atoms with E-state index in [4.69, 9.17) is 12.2 Å². The van der Waals surface area contributed by atoms with E-state index in [0.29, 0.717) is 11.3 Å². The summed E-state index contributed by atoms with van der Waals surface area (Å²) in [5.41, 5.74) is 0.303. The van der Waals surface area contributed by atoms with Crippen molar-refractivity contribution < 1.29 is 14.0 Å². The molecule has 0 spiro atoms. The fraction of sp³-hybridized carbons (Fsp3) is 0.211. The molecule has 0 atom stereocenters. The quantitative estimate of drug-likeness (QED) is 0.721. The van der Waals surface area contributed by atoms with Crippen LogP contribution in [0.5, 0.6) is 0 Å². The highest BCUT2D eigenvalue weighted by Crippen LogP contribution is 2.16. The highest BCUT2D eigenvalue weighted by molar-refractivity contribution is 7.80. The number of rotatable bonds is 3. The molecule has 0 saturated carbocycles. The van der Waals surface area contributed by atoms with Crippen LogP contribution in [-0.2, 0) is 0 Å². The van der Waals surface area contributed by atoms with Crippen molar-refractivity contribution in [1.82, 2.24) is 10.6 Å². The molecule has 0 unspecified atom stereocenters. The van der Waals surface area contributed by atoms with Gasteiger partial charge in [-0.15, -0.1) is 0 Å². The molecule has 0 saturated heterocycles. The van der Waals surface area contributed by atoms with E-state index >= 15 is 0 Å². The van der Waals surface area contributed by atoms with Gasteiger partial charge in [-0.3, -0.25) is 14.9 Å². The van der Waals surface area contributed by atoms with Gasteiger partial charge in [0, 0.05) is 5.54 Å². The lowest BCUT2D eigenvalue weighted by Gasteiger charge is -2.21. The van der Waals surface area contributed by atoms with Gasteiger partial charge in [0.25, 0.3) is 11.8 Å². The molecule has 136 valence electrons. The minimum absolute atomic E-state index is 0.0331. The van der Waals surface area contributed by atoms with Crippen LogP contribution in [0.1, 0.15) is 41.5 Å². The van der Waals surface area contributed by atoms with E-state index in [1.807, 2.05) is 20.8 Å². The van der Waals surface area contributed by atoms with Gasteiger partial charge >= 0.3 is 0 Å². The first kappa shape index (κ1) is 19.5. The number of carbonyl (C=O) groups is 2. The van der Waals surface area contributed by atoms with E-state index in [2.05, 4.69) is 16.0 Å². The SMILES string of the molecule is CC(C)(C)NC(=O)c1ccccc1NC(=S)NC(=O)c1ccccc1F. The van der Waals surface area contributed by atoms with E-state index in [1.54, 1.807) is 30.3 Å². The van der Waals surface area contributed by atoms with Crippen molar-refractivity contribution in [2.75, 3.05) is 5.32 Å². The van der Waals surface area contributed by atoms with Crippen molar-refractivity contribution in [2.45, 2.75) is 26.3 Å². The molecule has 0 radical (unpaired) electrons. The Balaban J connectivity index is 2.11. The molecule has 0 aliphatic rings. The molecule has 2 aromatic carbocycles. The fourth-order valence-electron chi connectivity index (χ4n) is 2.17. The first-order chi connectivity index (χ1) is 12.2. The average molecular weight is 373 g/mol. The lowest BCUT2D eigenvalue weighted by Crippen LogP contribution is -2.41. The van der Waals surface area contributed by atoms with Crippen LogP contribution >= 0.6 is 12.2 Å². The molecule has 26 heavy (non-hydrogen) atoms. The maximum Gasteiger partial charge on any atom is 0.260 e. The predicted molar refractivity (Wildman–Crippen MR) is 104 cm³/mol. The molecule has 0 aliphatic heterocycles. The van der Waals surface area contributed by atoms with Crippen LogP contribution in [0.15, 0.2) is 48.5 Å². The van der Waals surface area contributed by atoms with Crippen LogP contribution in [0, 0.1) is 5.82 Å². The van der Waals surface area contributed by atoms with E-state index in [0.717, 1.165) is 0 Å². The monoisotopic (exact) mass is 373 g/mol. The normalized spacial score (nSPS) is 10.8. The summed E-state index contributed by atoms with van der Waals surface area (Å²) >= 11 is 5.11. The van der Waals surface area contributed by atoms with E-state index in [9.17, 15) is 14.0 Å². The van der Waals surface area contributed by atoms with Crippen molar-refractivity contribution in [1.29, 1.82) is 0 Å². The summed E-state index contributed by atoms with van der Waals surface area (Å²) in [4.78, 5) is 24.5. The highest BCUT2D eigenvalue weighted by Gasteiger charge is 2.19. The molecule has 5 nitrogen and oxygen atoms in total. The Bertz CT molecular complexity index is 847. The largest absolute Gasteiger partial charge is 0.347 e. The Morgan fingerprint density at radius 3 is 2.12 bits per heavy atom. The molecular weight excluding hydrogens is 353 g/mol. The van der Waals surface area contributed by atoms with Crippen LogP contribution in [0.4, 0.5) is 10.1 Å². The third-order valence-electron chi connectivity index (χ3n) is 3.25. The number of nitrogens with one attached hydrogen (secondary N) is 3. The minimum atomic E-state index is -0.669.